The van der Waals surface area contributed by atoms with Gasteiger partial charge in [0, 0.05) is 37.8 Å². The molecule has 0 aromatic rings. The standard InChI is InChI=1S/C15H27NO3/c1-12(14(17)18)4-3-5-13(2)16-10-15(11-16)6-8-19-9-7-15/h12-13H,3-11H2,1-2H3,(H,17,18). The lowest BCUT2D eigenvalue weighted by Gasteiger charge is -2.54. The highest BCUT2D eigenvalue weighted by atomic mass is 16.5. The van der Waals surface area contributed by atoms with Crippen LogP contribution in [0.3, 0.4) is 0 Å². The summed E-state index contributed by atoms with van der Waals surface area (Å²) in [5.41, 5.74) is 0.543. The van der Waals surface area contributed by atoms with Gasteiger partial charge in [0.1, 0.15) is 0 Å². The van der Waals surface area contributed by atoms with E-state index in [1.165, 1.54) is 25.9 Å². The summed E-state index contributed by atoms with van der Waals surface area (Å²) >= 11 is 0. The minimum Gasteiger partial charge on any atom is -0.481 e. The van der Waals surface area contributed by atoms with Crippen molar-refractivity contribution in [1.29, 1.82) is 0 Å². The molecule has 0 radical (unpaired) electrons. The fourth-order valence-corrected chi connectivity index (χ4v) is 3.27. The van der Waals surface area contributed by atoms with Gasteiger partial charge in [-0.05, 0) is 32.6 Å². The molecule has 2 fully saturated rings. The molecule has 0 bridgehead atoms. The number of ether oxygens (including phenoxy) is 1. The minimum atomic E-state index is -0.669. The van der Waals surface area contributed by atoms with Crippen LogP contribution in [-0.4, -0.2) is 48.3 Å². The van der Waals surface area contributed by atoms with Crippen molar-refractivity contribution in [3.63, 3.8) is 0 Å². The van der Waals surface area contributed by atoms with Crippen LogP contribution in [-0.2, 0) is 9.53 Å². The first-order valence-electron chi connectivity index (χ1n) is 7.57. The molecule has 2 unspecified atom stereocenters. The van der Waals surface area contributed by atoms with Crippen LogP contribution in [0.2, 0.25) is 0 Å². The normalized spacial score (nSPS) is 25.8. The predicted molar refractivity (Wildman–Crippen MR) is 74.2 cm³/mol. The van der Waals surface area contributed by atoms with Gasteiger partial charge >= 0.3 is 5.97 Å². The average Bonchev–Trinajstić information content (AvgIpc) is 2.36. The van der Waals surface area contributed by atoms with Crippen LogP contribution in [0.25, 0.3) is 0 Å². The second kappa shape index (κ2) is 6.23. The SMILES string of the molecule is CC(CCCC(C)N1CC2(CCOCC2)C1)C(=O)O. The first-order valence-corrected chi connectivity index (χ1v) is 7.57. The van der Waals surface area contributed by atoms with Crippen molar-refractivity contribution in [2.75, 3.05) is 26.3 Å². The molecule has 2 rings (SSSR count). The molecule has 19 heavy (non-hydrogen) atoms. The Hall–Kier alpha value is -0.610. The lowest BCUT2D eigenvalue weighted by Crippen LogP contribution is -2.60. The topological polar surface area (TPSA) is 49.8 Å². The Bertz CT molecular complexity index is 305. The third-order valence-electron chi connectivity index (χ3n) is 4.93. The molecule has 1 N–H and O–H groups in total. The average molecular weight is 269 g/mol. The number of hydrogen-bond donors (Lipinski definition) is 1. The summed E-state index contributed by atoms with van der Waals surface area (Å²) in [5.74, 6) is -0.872. The number of nitrogens with zero attached hydrogens (tertiary/aromatic N) is 1. The summed E-state index contributed by atoms with van der Waals surface area (Å²) in [6, 6.07) is 0.592. The fourth-order valence-electron chi connectivity index (χ4n) is 3.27. The number of aliphatic carboxylic acids is 1. The first-order chi connectivity index (χ1) is 9.02. The summed E-state index contributed by atoms with van der Waals surface area (Å²) in [4.78, 5) is 13.3. The van der Waals surface area contributed by atoms with E-state index in [-0.39, 0.29) is 5.92 Å². The van der Waals surface area contributed by atoms with Gasteiger partial charge in [-0.3, -0.25) is 9.69 Å². The summed E-state index contributed by atoms with van der Waals surface area (Å²) in [6.45, 7) is 8.36. The number of likely N-dealkylation sites (tertiary alicyclic amines) is 1. The molecule has 2 atom stereocenters. The van der Waals surface area contributed by atoms with Crippen LogP contribution in [0.1, 0.15) is 46.0 Å². The molecule has 2 heterocycles. The summed E-state index contributed by atoms with van der Waals surface area (Å²) < 4.78 is 5.44. The van der Waals surface area contributed by atoms with E-state index in [4.69, 9.17) is 9.84 Å². The monoisotopic (exact) mass is 269 g/mol. The van der Waals surface area contributed by atoms with Crippen molar-refractivity contribution >= 4 is 5.97 Å². The largest absolute Gasteiger partial charge is 0.481 e. The molecule has 1 spiro atoms. The molecule has 4 nitrogen and oxygen atoms in total. The lowest BCUT2D eigenvalue weighted by molar-refractivity contribution is -0.141. The molecule has 110 valence electrons. The zero-order valence-corrected chi connectivity index (χ0v) is 12.2. The van der Waals surface area contributed by atoms with Gasteiger partial charge in [0.2, 0.25) is 0 Å². The predicted octanol–water partition coefficient (Wildman–Crippen LogP) is 2.38. The maximum atomic E-state index is 10.8. The van der Waals surface area contributed by atoms with E-state index in [9.17, 15) is 4.79 Å². The smallest absolute Gasteiger partial charge is 0.306 e. The van der Waals surface area contributed by atoms with Gasteiger partial charge < -0.3 is 9.84 Å². The van der Waals surface area contributed by atoms with Crippen molar-refractivity contribution in [2.45, 2.75) is 52.0 Å². The minimum absolute atomic E-state index is 0.203. The Morgan fingerprint density at radius 2 is 1.89 bits per heavy atom. The summed E-state index contributed by atoms with van der Waals surface area (Å²) in [6.07, 6.45) is 5.36. The number of rotatable bonds is 6. The Labute approximate surface area is 116 Å². The van der Waals surface area contributed by atoms with Crippen molar-refractivity contribution in [1.82, 2.24) is 4.90 Å². The van der Waals surface area contributed by atoms with Gasteiger partial charge in [-0.25, -0.2) is 0 Å². The number of carboxylic acid groups (broad SMARTS) is 1. The van der Waals surface area contributed by atoms with Crippen LogP contribution in [0.15, 0.2) is 0 Å². The second-order valence-electron chi connectivity index (χ2n) is 6.54. The van der Waals surface area contributed by atoms with E-state index in [0.29, 0.717) is 11.5 Å². The van der Waals surface area contributed by atoms with Gasteiger partial charge in [-0.2, -0.15) is 0 Å². The Balaban J connectivity index is 1.63. The van der Waals surface area contributed by atoms with Crippen molar-refractivity contribution in [3.8, 4) is 0 Å². The lowest BCUT2D eigenvalue weighted by atomic mass is 9.72. The van der Waals surface area contributed by atoms with E-state index in [1.54, 1.807) is 6.92 Å². The third-order valence-corrected chi connectivity index (χ3v) is 4.93. The zero-order valence-electron chi connectivity index (χ0n) is 12.2. The quantitative estimate of drug-likeness (QED) is 0.804. The van der Waals surface area contributed by atoms with E-state index in [2.05, 4.69) is 11.8 Å². The zero-order chi connectivity index (χ0) is 13.9. The molecule has 0 aromatic heterocycles. The molecule has 0 saturated carbocycles. The molecule has 0 aliphatic carbocycles. The number of carboxylic acids is 1. The van der Waals surface area contributed by atoms with Crippen LogP contribution in [0, 0.1) is 11.3 Å². The molecular formula is C15H27NO3. The van der Waals surface area contributed by atoms with Gasteiger partial charge in [-0.15, -0.1) is 0 Å². The van der Waals surface area contributed by atoms with Gasteiger partial charge in [0.05, 0.1) is 5.92 Å². The molecule has 2 saturated heterocycles. The van der Waals surface area contributed by atoms with Crippen LogP contribution < -0.4 is 0 Å². The summed E-state index contributed by atoms with van der Waals surface area (Å²) in [5, 5.41) is 8.86. The Morgan fingerprint density at radius 1 is 1.26 bits per heavy atom. The fraction of sp³-hybridized carbons (Fsp3) is 0.933. The highest BCUT2D eigenvalue weighted by molar-refractivity contribution is 5.69. The second-order valence-corrected chi connectivity index (χ2v) is 6.54. The molecule has 2 aliphatic heterocycles. The highest BCUT2D eigenvalue weighted by Crippen LogP contribution is 2.41. The Morgan fingerprint density at radius 3 is 2.47 bits per heavy atom. The van der Waals surface area contributed by atoms with Gasteiger partial charge in [0.15, 0.2) is 0 Å². The van der Waals surface area contributed by atoms with Crippen LogP contribution >= 0.6 is 0 Å². The van der Waals surface area contributed by atoms with Crippen molar-refractivity contribution < 1.29 is 14.6 Å². The van der Waals surface area contributed by atoms with E-state index in [0.717, 1.165) is 32.5 Å². The van der Waals surface area contributed by atoms with Crippen LogP contribution in [0.5, 0.6) is 0 Å². The molecule has 0 amide bonds. The van der Waals surface area contributed by atoms with E-state index >= 15 is 0 Å². The van der Waals surface area contributed by atoms with Gasteiger partial charge in [0.25, 0.3) is 0 Å². The van der Waals surface area contributed by atoms with Gasteiger partial charge in [-0.1, -0.05) is 13.3 Å². The maximum absolute atomic E-state index is 10.8. The maximum Gasteiger partial charge on any atom is 0.306 e. The van der Waals surface area contributed by atoms with Crippen LogP contribution in [0.4, 0.5) is 0 Å². The summed E-state index contributed by atoms with van der Waals surface area (Å²) in [7, 11) is 0. The highest BCUT2D eigenvalue weighted by Gasteiger charge is 2.44. The Kier molecular flexibility index (Phi) is 4.85. The third kappa shape index (κ3) is 3.69. The molecular weight excluding hydrogens is 242 g/mol. The first kappa shape index (κ1) is 14.8. The molecule has 4 heteroatoms. The number of carbonyl (C=O) groups is 1. The van der Waals surface area contributed by atoms with Crippen molar-refractivity contribution in [3.05, 3.63) is 0 Å². The molecule has 2 aliphatic rings. The van der Waals surface area contributed by atoms with E-state index in [1.807, 2.05) is 0 Å². The van der Waals surface area contributed by atoms with E-state index < -0.39 is 5.97 Å². The molecule has 0 aromatic carbocycles. The van der Waals surface area contributed by atoms with Crippen molar-refractivity contribution in [2.24, 2.45) is 11.3 Å². The number of hydrogen-bond acceptors (Lipinski definition) is 3.